The zero-order chi connectivity index (χ0) is 14.1. The number of hydrogen-bond donors (Lipinski definition) is 0. The number of fused-ring (bicyclic) bond motifs is 1. The standard InChI is InChI=1S/C16H14BrFOS/c17-11-6-10(7-12(18)9-11)8-15(19)13-2-1-3-16-14(13)4-5-20-16/h4-7,9,13H,1-3,8H2. The van der Waals surface area contributed by atoms with Crippen LogP contribution in [0.15, 0.2) is 34.1 Å². The maximum absolute atomic E-state index is 13.4. The number of halogens is 2. The molecule has 1 heterocycles. The molecule has 0 spiro atoms. The number of ketones is 1. The number of carbonyl (C=O) groups is 1. The second-order valence-corrected chi connectivity index (χ2v) is 7.08. The van der Waals surface area contributed by atoms with Crippen LogP contribution in [0.25, 0.3) is 0 Å². The van der Waals surface area contributed by atoms with Gasteiger partial charge in [0.25, 0.3) is 0 Å². The molecule has 20 heavy (non-hydrogen) atoms. The summed E-state index contributed by atoms with van der Waals surface area (Å²) in [6.45, 7) is 0. The van der Waals surface area contributed by atoms with E-state index in [9.17, 15) is 9.18 Å². The van der Waals surface area contributed by atoms with E-state index in [-0.39, 0.29) is 17.5 Å². The maximum atomic E-state index is 13.4. The molecule has 0 N–H and O–H groups in total. The first kappa shape index (κ1) is 14.0. The van der Waals surface area contributed by atoms with Crippen LogP contribution in [0.2, 0.25) is 0 Å². The van der Waals surface area contributed by atoms with Crippen molar-refractivity contribution in [2.75, 3.05) is 0 Å². The van der Waals surface area contributed by atoms with Gasteiger partial charge in [-0.2, -0.15) is 0 Å². The predicted molar refractivity (Wildman–Crippen MR) is 82.8 cm³/mol. The predicted octanol–water partition coefficient (Wildman–Crippen LogP) is 4.88. The van der Waals surface area contributed by atoms with Crippen LogP contribution in [0, 0.1) is 5.82 Å². The largest absolute Gasteiger partial charge is 0.299 e. The zero-order valence-corrected chi connectivity index (χ0v) is 13.3. The molecule has 1 aromatic heterocycles. The van der Waals surface area contributed by atoms with Gasteiger partial charge in [0.2, 0.25) is 0 Å². The SMILES string of the molecule is O=C(Cc1cc(F)cc(Br)c1)C1CCCc2sccc21. The Labute approximate surface area is 130 Å². The molecule has 1 aromatic carbocycles. The van der Waals surface area contributed by atoms with Crippen molar-refractivity contribution in [1.82, 2.24) is 0 Å². The Kier molecular flexibility index (Phi) is 4.03. The van der Waals surface area contributed by atoms with E-state index in [1.165, 1.54) is 22.6 Å². The Bertz CT molecular complexity index is 629. The van der Waals surface area contributed by atoms with Gasteiger partial charge in [-0.3, -0.25) is 4.79 Å². The van der Waals surface area contributed by atoms with E-state index >= 15 is 0 Å². The third kappa shape index (κ3) is 2.86. The first-order valence-electron chi connectivity index (χ1n) is 6.67. The number of Topliss-reactive ketones (excluding diaryl/α,β-unsaturated/α-hetero) is 1. The molecular formula is C16H14BrFOS. The van der Waals surface area contributed by atoms with E-state index in [2.05, 4.69) is 27.4 Å². The fourth-order valence-electron chi connectivity index (χ4n) is 2.86. The number of thiophene rings is 1. The molecule has 1 nitrogen and oxygen atoms in total. The van der Waals surface area contributed by atoms with Gasteiger partial charge in [-0.15, -0.1) is 11.3 Å². The third-order valence-corrected chi connectivity index (χ3v) is 5.20. The summed E-state index contributed by atoms with van der Waals surface area (Å²) in [4.78, 5) is 13.9. The highest BCUT2D eigenvalue weighted by atomic mass is 79.9. The van der Waals surface area contributed by atoms with Crippen molar-refractivity contribution >= 4 is 33.0 Å². The maximum Gasteiger partial charge on any atom is 0.144 e. The molecule has 1 aliphatic rings. The van der Waals surface area contributed by atoms with E-state index in [0.29, 0.717) is 10.9 Å². The highest BCUT2D eigenvalue weighted by molar-refractivity contribution is 9.10. The van der Waals surface area contributed by atoms with Gasteiger partial charge >= 0.3 is 0 Å². The van der Waals surface area contributed by atoms with Gasteiger partial charge in [0.05, 0.1) is 0 Å². The molecule has 0 saturated heterocycles. The van der Waals surface area contributed by atoms with Crippen molar-refractivity contribution in [2.24, 2.45) is 0 Å². The second-order valence-electron chi connectivity index (χ2n) is 5.16. The minimum atomic E-state index is -0.304. The van der Waals surface area contributed by atoms with Gasteiger partial charge in [-0.05, 0) is 60.0 Å². The molecule has 0 bridgehead atoms. The molecular weight excluding hydrogens is 339 g/mol. The van der Waals surface area contributed by atoms with E-state index < -0.39 is 0 Å². The van der Waals surface area contributed by atoms with Crippen molar-refractivity contribution in [3.8, 4) is 0 Å². The molecule has 3 rings (SSSR count). The summed E-state index contributed by atoms with van der Waals surface area (Å²) < 4.78 is 14.1. The summed E-state index contributed by atoms with van der Waals surface area (Å²) >= 11 is 5.01. The highest BCUT2D eigenvalue weighted by Crippen LogP contribution is 2.36. The summed E-state index contributed by atoms with van der Waals surface area (Å²) in [5.74, 6) is -0.115. The summed E-state index contributed by atoms with van der Waals surface area (Å²) in [5, 5.41) is 2.06. The molecule has 0 fully saturated rings. The highest BCUT2D eigenvalue weighted by Gasteiger charge is 2.27. The Morgan fingerprint density at radius 3 is 3.05 bits per heavy atom. The van der Waals surface area contributed by atoms with Crippen LogP contribution in [0.4, 0.5) is 4.39 Å². The zero-order valence-electron chi connectivity index (χ0n) is 10.9. The normalized spacial score (nSPS) is 17.8. The number of rotatable bonds is 3. The smallest absolute Gasteiger partial charge is 0.144 e. The molecule has 2 aromatic rings. The van der Waals surface area contributed by atoms with Crippen molar-refractivity contribution in [3.63, 3.8) is 0 Å². The molecule has 104 valence electrons. The molecule has 0 amide bonds. The molecule has 4 heteroatoms. The van der Waals surface area contributed by atoms with Crippen LogP contribution in [0.3, 0.4) is 0 Å². The van der Waals surface area contributed by atoms with Crippen molar-refractivity contribution in [2.45, 2.75) is 31.6 Å². The fourth-order valence-corrected chi connectivity index (χ4v) is 4.36. The Morgan fingerprint density at radius 2 is 2.25 bits per heavy atom. The second kappa shape index (κ2) is 5.78. The number of carbonyl (C=O) groups excluding carboxylic acids is 1. The lowest BCUT2D eigenvalue weighted by atomic mass is 9.83. The van der Waals surface area contributed by atoms with Crippen LogP contribution >= 0.6 is 27.3 Å². The Morgan fingerprint density at radius 1 is 1.40 bits per heavy atom. The molecule has 1 unspecified atom stereocenters. The van der Waals surface area contributed by atoms with E-state index in [1.807, 2.05) is 6.07 Å². The van der Waals surface area contributed by atoms with Crippen LogP contribution in [0.5, 0.6) is 0 Å². The summed E-state index contributed by atoms with van der Waals surface area (Å²) in [6.07, 6.45) is 3.37. The number of benzene rings is 1. The molecule has 1 atom stereocenters. The van der Waals surface area contributed by atoms with Gasteiger partial charge in [0.1, 0.15) is 11.6 Å². The van der Waals surface area contributed by atoms with Gasteiger partial charge in [-0.25, -0.2) is 4.39 Å². The monoisotopic (exact) mass is 352 g/mol. The average Bonchev–Trinajstić information content (AvgIpc) is 2.85. The minimum absolute atomic E-state index is 0.00737. The fraction of sp³-hybridized carbons (Fsp3) is 0.312. The quantitative estimate of drug-likeness (QED) is 0.769. The molecule has 0 radical (unpaired) electrons. The van der Waals surface area contributed by atoms with Crippen LogP contribution < -0.4 is 0 Å². The van der Waals surface area contributed by atoms with Crippen LogP contribution in [-0.2, 0) is 17.6 Å². The first-order chi connectivity index (χ1) is 9.63. The first-order valence-corrected chi connectivity index (χ1v) is 8.34. The van der Waals surface area contributed by atoms with E-state index in [0.717, 1.165) is 24.8 Å². The lowest BCUT2D eigenvalue weighted by Gasteiger charge is -2.21. The topological polar surface area (TPSA) is 17.1 Å². The lowest BCUT2D eigenvalue weighted by molar-refractivity contribution is -0.120. The Hall–Kier alpha value is -1.00. The minimum Gasteiger partial charge on any atom is -0.299 e. The molecule has 0 saturated carbocycles. The molecule has 0 aliphatic heterocycles. The van der Waals surface area contributed by atoms with Gasteiger partial charge in [-0.1, -0.05) is 15.9 Å². The van der Waals surface area contributed by atoms with Crippen molar-refractivity contribution in [1.29, 1.82) is 0 Å². The molecule has 1 aliphatic carbocycles. The third-order valence-electron chi connectivity index (χ3n) is 3.74. The van der Waals surface area contributed by atoms with Gasteiger partial charge in [0.15, 0.2) is 0 Å². The lowest BCUT2D eigenvalue weighted by Crippen LogP contribution is -2.19. The van der Waals surface area contributed by atoms with Crippen LogP contribution in [-0.4, -0.2) is 5.78 Å². The van der Waals surface area contributed by atoms with Gasteiger partial charge < -0.3 is 0 Å². The van der Waals surface area contributed by atoms with Crippen molar-refractivity contribution in [3.05, 3.63) is 55.9 Å². The summed E-state index contributed by atoms with van der Waals surface area (Å²) in [7, 11) is 0. The Balaban J connectivity index is 1.81. The summed E-state index contributed by atoms with van der Waals surface area (Å²) in [6, 6.07) is 6.74. The van der Waals surface area contributed by atoms with E-state index in [1.54, 1.807) is 11.3 Å². The van der Waals surface area contributed by atoms with Crippen molar-refractivity contribution < 1.29 is 9.18 Å². The van der Waals surface area contributed by atoms with Gasteiger partial charge in [0, 0.05) is 21.7 Å². The van der Waals surface area contributed by atoms with E-state index in [4.69, 9.17) is 0 Å². The van der Waals surface area contributed by atoms with Crippen LogP contribution in [0.1, 0.15) is 34.8 Å². The average molecular weight is 353 g/mol. The number of hydrogen-bond acceptors (Lipinski definition) is 2. The summed E-state index contributed by atoms with van der Waals surface area (Å²) in [5.41, 5.74) is 1.94. The number of aryl methyl sites for hydroxylation is 1.